The second-order valence-corrected chi connectivity index (χ2v) is 7.10. The molecule has 0 saturated carbocycles. The molecule has 6 nitrogen and oxygen atoms in total. The minimum Gasteiger partial charge on any atom is -0.346 e. The van der Waals surface area contributed by atoms with Crippen LogP contribution in [0.4, 0.5) is 5.69 Å². The second kappa shape index (κ2) is 8.21. The Morgan fingerprint density at radius 3 is 2.27 bits per heavy atom. The zero-order chi connectivity index (χ0) is 21.1. The van der Waals surface area contributed by atoms with E-state index in [0.29, 0.717) is 23.4 Å². The summed E-state index contributed by atoms with van der Waals surface area (Å²) in [6, 6.07) is 18.3. The predicted molar refractivity (Wildman–Crippen MR) is 117 cm³/mol. The summed E-state index contributed by atoms with van der Waals surface area (Å²) in [5, 5.41) is 6.99. The summed E-state index contributed by atoms with van der Waals surface area (Å²) < 4.78 is 2.11. The Kier molecular flexibility index (Phi) is 5.30. The zero-order valence-corrected chi connectivity index (χ0v) is 16.8. The monoisotopic (exact) mass is 398 g/mol. The van der Waals surface area contributed by atoms with E-state index in [-0.39, 0.29) is 11.8 Å². The van der Waals surface area contributed by atoms with Gasteiger partial charge in [-0.25, -0.2) is 0 Å². The molecule has 0 aliphatic heterocycles. The van der Waals surface area contributed by atoms with Gasteiger partial charge in [0.25, 0.3) is 11.8 Å². The third-order valence-electron chi connectivity index (χ3n) is 5.27. The van der Waals surface area contributed by atoms with Crippen molar-refractivity contribution in [2.24, 2.45) is 7.05 Å². The molecule has 0 saturated heterocycles. The number of nitrogens with zero attached hydrogens (tertiary/aromatic N) is 2. The van der Waals surface area contributed by atoms with Gasteiger partial charge in [-0.05, 0) is 55.0 Å². The first-order chi connectivity index (χ1) is 14.5. The Balaban J connectivity index is 1.42. The van der Waals surface area contributed by atoms with Crippen molar-refractivity contribution in [3.63, 3.8) is 0 Å². The maximum Gasteiger partial charge on any atom is 0.255 e. The van der Waals surface area contributed by atoms with Crippen molar-refractivity contribution in [1.29, 1.82) is 0 Å². The van der Waals surface area contributed by atoms with Gasteiger partial charge < -0.3 is 15.2 Å². The molecule has 0 unspecified atom stereocenters. The first-order valence-electron chi connectivity index (χ1n) is 9.67. The zero-order valence-electron chi connectivity index (χ0n) is 16.8. The number of amides is 2. The Bertz CT molecular complexity index is 1170. The van der Waals surface area contributed by atoms with Gasteiger partial charge in [0.15, 0.2) is 0 Å². The lowest BCUT2D eigenvalue weighted by molar-refractivity contribution is 0.0949. The van der Waals surface area contributed by atoms with Crippen LogP contribution in [0, 0.1) is 6.92 Å². The molecule has 2 amide bonds. The molecule has 4 aromatic rings. The lowest BCUT2D eigenvalue weighted by Crippen LogP contribution is -2.24. The molecule has 0 atom stereocenters. The molecule has 0 aliphatic rings. The van der Waals surface area contributed by atoms with E-state index in [2.05, 4.69) is 39.2 Å². The Morgan fingerprint density at radius 2 is 1.57 bits per heavy atom. The Morgan fingerprint density at radius 1 is 0.900 bits per heavy atom. The third kappa shape index (κ3) is 3.80. The molecule has 0 radical (unpaired) electrons. The van der Waals surface area contributed by atoms with Gasteiger partial charge in [-0.3, -0.25) is 14.6 Å². The molecule has 2 aromatic heterocycles. The van der Waals surface area contributed by atoms with Crippen LogP contribution in [0.3, 0.4) is 0 Å². The first-order valence-corrected chi connectivity index (χ1v) is 9.67. The summed E-state index contributed by atoms with van der Waals surface area (Å²) >= 11 is 0. The molecule has 0 fully saturated rings. The van der Waals surface area contributed by atoms with Crippen molar-refractivity contribution in [2.45, 2.75) is 13.5 Å². The van der Waals surface area contributed by atoms with E-state index in [0.717, 1.165) is 11.2 Å². The van der Waals surface area contributed by atoms with E-state index in [1.54, 1.807) is 48.8 Å². The third-order valence-corrected chi connectivity index (χ3v) is 5.27. The summed E-state index contributed by atoms with van der Waals surface area (Å²) in [4.78, 5) is 28.7. The van der Waals surface area contributed by atoms with Gasteiger partial charge in [-0.2, -0.15) is 0 Å². The number of carbonyl (C=O) groups is 2. The lowest BCUT2D eigenvalue weighted by Gasteiger charge is -2.09. The molecule has 4 rings (SSSR count). The van der Waals surface area contributed by atoms with Crippen molar-refractivity contribution in [2.75, 3.05) is 5.32 Å². The van der Waals surface area contributed by atoms with Crippen LogP contribution < -0.4 is 10.6 Å². The summed E-state index contributed by atoms with van der Waals surface area (Å²) in [5.41, 5.74) is 5.07. The van der Waals surface area contributed by atoms with Crippen LogP contribution >= 0.6 is 0 Å². The number of carbonyl (C=O) groups excluding carboxylic acids is 2. The number of hydrogen-bond donors (Lipinski definition) is 2. The molecule has 150 valence electrons. The number of anilines is 1. The van der Waals surface area contributed by atoms with E-state index in [9.17, 15) is 9.59 Å². The first kappa shape index (κ1) is 19.4. The van der Waals surface area contributed by atoms with Gasteiger partial charge in [-0.1, -0.05) is 18.2 Å². The largest absolute Gasteiger partial charge is 0.346 e. The molecule has 0 spiro atoms. The van der Waals surface area contributed by atoms with Crippen LogP contribution in [0.25, 0.3) is 10.9 Å². The number of nitrogens with one attached hydrogen (secondary N) is 2. The second-order valence-electron chi connectivity index (χ2n) is 7.10. The molecule has 2 aromatic carbocycles. The maximum atomic E-state index is 12.6. The van der Waals surface area contributed by atoms with Crippen molar-refractivity contribution in [1.82, 2.24) is 14.9 Å². The lowest BCUT2D eigenvalue weighted by atomic mass is 10.1. The highest BCUT2D eigenvalue weighted by molar-refractivity contribution is 6.04. The van der Waals surface area contributed by atoms with Gasteiger partial charge in [0.2, 0.25) is 0 Å². The fraction of sp³-hybridized carbons (Fsp3) is 0.125. The molecule has 30 heavy (non-hydrogen) atoms. The van der Waals surface area contributed by atoms with Crippen LogP contribution in [0.15, 0.2) is 73.1 Å². The van der Waals surface area contributed by atoms with E-state index in [1.165, 1.54) is 10.9 Å². The number of rotatable bonds is 5. The number of fused-ring (bicyclic) bond motifs is 1. The number of hydrogen-bond acceptors (Lipinski definition) is 3. The van der Waals surface area contributed by atoms with Gasteiger partial charge in [0.1, 0.15) is 0 Å². The number of benzene rings is 2. The molecular weight excluding hydrogens is 376 g/mol. The molecular formula is C24H22N4O2. The van der Waals surface area contributed by atoms with Crippen LogP contribution in [0.5, 0.6) is 0 Å². The van der Waals surface area contributed by atoms with Crippen molar-refractivity contribution < 1.29 is 9.59 Å². The summed E-state index contributed by atoms with van der Waals surface area (Å²) in [5.74, 6) is -0.382. The highest BCUT2D eigenvalue weighted by Gasteiger charge is 2.13. The van der Waals surface area contributed by atoms with Gasteiger partial charge in [0.05, 0.1) is 6.54 Å². The van der Waals surface area contributed by atoms with Gasteiger partial charge >= 0.3 is 0 Å². The van der Waals surface area contributed by atoms with E-state index in [4.69, 9.17) is 0 Å². The summed E-state index contributed by atoms with van der Waals surface area (Å²) in [6.07, 6.45) is 3.14. The normalized spacial score (nSPS) is 10.7. The summed E-state index contributed by atoms with van der Waals surface area (Å²) in [6.45, 7) is 2.51. The molecule has 6 heteroatoms. The van der Waals surface area contributed by atoms with Crippen molar-refractivity contribution in [3.05, 3.63) is 95.4 Å². The molecule has 2 heterocycles. The highest BCUT2D eigenvalue weighted by atomic mass is 16.2. The molecule has 2 N–H and O–H groups in total. The summed E-state index contributed by atoms with van der Waals surface area (Å²) in [7, 11) is 2.01. The fourth-order valence-corrected chi connectivity index (χ4v) is 3.56. The molecule has 0 bridgehead atoms. The minimum absolute atomic E-state index is 0.160. The molecule has 0 aliphatic carbocycles. The average molecular weight is 398 g/mol. The van der Waals surface area contributed by atoms with E-state index in [1.807, 2.05) is 19.2 Å². The number of pyridine rings is 1. The van der Waals surface area contributed by atoms with E-state index < -0.39 is 0 Å². The quantitative estimate of drug-likeness (QED) is 0.532. The van der Waals surface area contributed by atoms with E-state index >= 15 is 0 Å². The van der Waals surface area contributed by atoms with Crippen LogP contribution in [0.1, 0.15) is 32.0 Å². The van der Waals surface area contributed by atoms with Crippen molar-refractivity contribution >= 4 is 28.4 Å². The van der Waals surface area contributed by atoms with Gasteiger partial charge in [-0.15, -0.1) is 0 Å². The SMILES string of the molecule is Cc1c(CNC(=O)c2ccc(NC(=O)c3ccncc3)cc2)n(C)c2ccccc12. The van der Waals surface area contributed by atoms with Crippen LogP contribution in [-0.4, -0.2) is 21.4 Å². The number of aryl methyl sites for hydroxylation is 2. The minimum atomic E-state index is -0.221. The predicted octanol–water partition coefficient (Wildman–Crippen LogP) is 4.06. The average Bonchev–Trinajstić information content (AvgIpc) is 3.03. The fourth-order valence-electron chi connectivity index (χ4n) is 3.56. The smallest absolute Gasteiger partial charge is 0.255 e. The standard InChI is InChI=1S/C24H22N4O2/c1-16-20-5-3-4-6-21(20)28(2)22(16)15-26-23(29)17-7-9-19(10-8-17)27-24(30)18-11-13-25-14-12-18/h3-14H,15H2,1-2H3,(H,26,29)(H,27,30). The number of para-hydroxylation sites is 1. The van der Waals surface area contributed by atoms with Crippen molar-refractivity contribution in [3.8, 4) is 0 Å². The topological polar surface area (TPSA) is 76.0 Å². The highest BCUT2D eigenvalue weighted by Crippen LogP contribution is 2.24. The maximum absolute atomic E-state index is 12.6. The van der Waals surface area contributed by atoms with Crippen LogP contribution in [-0.2, 0) is 13.6 Å². The van der Waals surface area contributed by atoms with Crippen LogP contribution in [0.2, 0.25) is 0 Å². The Hall–Kier alpha value is -3.93. The number of aromatic nitrogens is 2. The Labute approximate surface area is 174 Å². The van der Waals surface area contributed by atoms with Gasteiger partial charge in [0, 0.05) is 52.9 Å².